The van der Waals surface area contributed by atoms with Gasteiger partial charge in [-0.3, -0.25) is 4.79 Å². The third kappa shape index (κ3) is 2.36. The van der Waals surface area contributed by atoms with E-state index in [1.807, 2.05) is 0 Å². The van der Waals surface area contributed by atoms with E-state index < -0.39 is 30.0 Å². The predicted octanol–water partition coefficient (Wildman–Crippen LogP) is -2.24. The SMILES string of the molecule is CC(=O)N[C@H]1[C@H]2O[C@](CO)(CO[C@@H]2CO)C[C@@H]1O. The van der Waals surface area contributed by atoms with Gasteiger partial charge in [-0.25, -0.2) is 0 Å². The van der Waals surface area contributed by atoms with Crippen LogP contribution in [0.2, 0.25) is 0 Å². The maximum absolute atomic E-state index is 11.1. The number of amides is 1. The number of hydrogen-bond donors (Lipinski definition) is 4. The first-order valence-electron chi connectivity index (χ1n) is 5.97. The van der Waals surface area contributed by atoms with Gasteiger partial charge in [-0.15, -0.1) is 0 Å². The van der Waals surface area contributed by atoms with Crippen molar-refractivity contribution in [2.45, 2.75) is 43.3 Å². The van der Waals surface area contributed by atoms with Gasteiger partial charge in [0.2, 0.25) is 5.91 Å². The summed E-state index contributed by atoms with van der Waals surface area (Å²) in [4.78, 5) is 11.1. The maximum Gasteiger partial charge on any atom is 0.217 e. The fourth-order valence-corrected chi connectivity index (χ4v) is 2.61. The van der Waals surface area contributed by atoms with E-state index in [-0.39, 0.29) is 32.1 Å². The number of ether oxygens (including phenoxy) is 2. The summed E-state index contributed by atoms with van der Waals surface area (Å²) < 4.78 is 11.2. The third-order valence-electron chi connectivity index (χ3n) is 3.50. The Bertz CT molecular complexity index is 325. The molecule has 2 fully saturated rings. The largest absolute Gasteiger partial charge is 0.394 e. The van der Waals surface area contributed by atoms with Crippen molar-refractivity contribution in [3.05, 3.63) is 0 Å². The smallest absolute Gasteiger partial charge is 0.217 e. The van der Waals surface area contributed by atoms with Crippen molar-refractivity contribution < 1.29 is 29.6 Å². The Morgan fingerprint density at radius 1 is 1.50 bits per heavy atom. The lowest BCUT2D eigenvalue weighted by atomic mass is 9.83. The summed E-state index contributed by atoms with van der Waals surface area (Å²) in [5.74, 6) is -0.290. The van der Waals surface area contributed by atoms with Gasteiger partial charge >= 0.3 is 0 Å². The molecule has 0 saturated carbocycles. The van der Waals surface area contributed by atoms with E-state index in [2.05, 4.69) is 5.32 Å². The quantitative estimate of drug-likeness (QED) is 0.457. The van der Waals surface area contributed by atoms with Crippen LogP contribution < -0.4 is 5.32 Å². The van der Waals surface area contributed by atoms with Crippen molar-refractivity contribution in [3.8, 4) is 0 Å². The summed E-state index contributed by atoms with van der Waals surface area (Å²) in [7, 11) is 0. The molecule has 7 heteroatoms. The number of fused-ring (bicyclic) bond motifs is 2. The molecule has 0 aliphatic carbocycles. The fraction of sp³-hybridized carbons (Fsp3) is 0.909. The van der Waals surface area contributed by atoms with Crippen molar-refractivity contribution in [1.82, 2.24) is 5.32 Å². The molecule has 0 radical (unpaired) electrons. The minimum Gasteiger partial charge on any atom is -0.394 e. The number of hydrogen-bond acceptors (Lipinski definition) is 6. The molecular weight excluding hydrogens is 242 g/mol. The zero-order valence-electron chi connectivity index (χ0n) is 10.2. The van der Waals surface area contributed by atoms with Crippen LogP contribution in [0.1, 0.15) is 13.3 Å². The summed E-state index contributed by atoms with van der Waals surface area (Å²) in [6.45, 7) is 0.924. The topological polar surface area (TPSA) is 108 Å². The number of rotatable bonds is 3. The van der Waals surface area contributed by atoms with Crippen LogP contribution in [0.25, 0.3) is 0 Å². The third-order valence-corrected chi connectivity index (χ3v) is 3.50. The molecule has 5 atom stereocenters. The van der Waals surface area contributed by atoms with E-state index in [0.717, 1.165) is 0 Å². The van der Waals surface area contributed by atoms with E-state index in [9.17, 15) is 20.1 Å². The summed E-state index contributed by atoms with van der Waals surface area (Å²) >= 11 is 0. The van der Waals surface area contributed by atoms with E-state index in [1.54, 1.807) is 0 Å². The van der Waals surface area contributed by atoms with Crippen molar-refractivity contribution >= 4 is 5.91 Å². The second-order valence-corrected chi connectivity index (χ2v) is 4.95. The van der Waals surface area contributed by atoms with Crippen LogP contribution in [0.15, 0.2) is 0 Å². The Labute approximate surface area is 105 Å². The minimum atomic E-state index is -0.940. The molecule has 2 aliphatic heterocycles. The molecule has 0 unspecified atom stereocenters. The predicted molar refractivity (Wildman–Crippen MR) is 59.7 cm³/mol. The summed E-state index contributed by atoms with van der Waals surface area (Å²) in [5, 5.41) is 31.3. The van der Waals surface area contributed by atoms with Gasteiger partial charge in [-0.2, -0.15) is 0 Å². The van der Waals surface area contributed by atoms with Gasteiger partial charge < -0.3 is 30.1 Å². The zero-order valence-corrected chi connectivity index (χ0v) is 10.2. The molecule has 2 rings (SSSR count). The van der Waals surface area contributed by atoms with Crippen molar-refractivity contribution in [2.24, 2.45) is 0 Å². The van der Waals surface area contributed by atoms with E-state index >= 15 is 0 Å². The van der Waals surface area contributed by atoms with Gasteiger partial charge in [0.05, 0.1) is 32.0 Å². The Hall–Kier alpha value is -0.730. The Morgan fingerprint density at radius 3 is 2.78 bits per heavy atom. The standard InChI is InChI=1S/C11H19NO6/c1-6(15)12-9-7(16)2-11(4-14)5-17-8(3-13)10(9)18-11/h7-10,13-14,16H,2-5H2,1H3,(H,12,15)/t7-,8+,9+,10-,11+/m0/s1. The molecule has 2 bridgehead atoms. The fourth-order valence-electron chi connectivity index (χ4n) is 2.61. The molecule has 1 amide bonds. The summed E-state index contributed by atoms with van der Waals surface area (Å²) in [6, 6.07) is -0.639. The molecule has 2 heterocycles. The van der Waals surface area contributed by atoms with Crippen molar-refractivity contribution in [3.63, 3.8) is 0 Å². The number of nitrogens with one attached hydrogen (secondary N) is 1. The molecule has 18 heavy (non-hydrogen) atoms. The number of carbonyl (C=O) groups is 1. The zero-order chi connectivity index (χ0) is 13.3. The average molecular weight is 261 g/mol. The molecule has 0 spiro atoms. The molecule has 0 aromatic heterocycles. The molecule has 2 saturated heterocycles. The van der Waals surface area contributed by atoms with E-state index in [4.69, 9.17) is 9.47 Å². The van der Waals surface area contributed by atoms with Gasteiger partial charge in [0.1, 0.15) is 17.8 Å². The van der Waals surface area contributed by atoms with Gasteiger partial charge in [-0.1, -0.05) is 0 Å². The highest BCUT2D eigenvalue weighted by atomic mass is 16.6. The van der Waals surface area contributed by atoms with Gasteiger partial charge in [0.25, 0.3) is 0 Å². The van der Waals surface area contributed by atoms with E-state index in [0.29, 0.717) is 0 Å². The second kappa shape index (κ2) is 5.10. The molecule has 4 N–H and O–H groups in total. The van der Waals surface area contributed by atoms with Crippen LogP contribution in [0.4, 0.5) is 0 Å². The monoisotopic (exact) mass is 261 g/mol. The first kappa shape index (κ1) is 13.7. The van der Waals surface area contributed by atoms with Gasteiger partial charge in [0, 0.05) is 13.3 Å². The van der Waals surface area contributed by atoms with Crippen LogP contribution in [0.3, 0.4) is 0 Å². The molecule has 0 aromatic rings. The highest BCUT2D eigenvalue weighted by molar-refractivity contribution is 5.73. The Morgan fingerprint density at radius 2 is 2.22 bits per heavy atom. The van der Waals surface area contributed by atoms with Gasteiger partial charge in [0.15, 0.2) is 0 Å². The lowest BCUT2D eigenvalue weighted by molar-refractivity contribution is -0.291. The molecular formula is C11H19NO6. The number of carbonyl (C=O) groups excluding carboxylic acids is 1. The number of aliphatic hydroxyl groups excluding tert-OH is 3. The first-order valence-corrected chi connectivity index (χ1v) is 5.97. The highest BCUT2D eigenvalue weighted by Crippen LogP contribution is 2.36. The van der Waals surface area contributed by atoms with Gasteiger partial charge in [-0.05, 0) is 0 Å². The first-order chi connectivity index (χ1) is 8.51. The highest BCUT2D eigenvalue weighted by Gasteiger charge is 2.53. The molecule has 104 valence electrons. The van der Waals surface area contributed by atoms with Crippen molar-refractivity contribution in [2.75, 3.05) is 19.8 Å². The van der Waals surface area contributed by atoms with Crippen LogP contribution in [0.5, 0.6) is 0 Å². The average Bonchev–Trinajstić information content (AvgIpc) is 2.34. The van der Waals surface area contributed by atoms with Crippen molar-refractivity contribution in [1.29, 1.82) is 0 Å². The molecule has 7 nitrogen and oxygen atoms in total. The Balaban J connectivity index is 2.20. The maximum atomic E-state index is 11.1. The van der Waals surface area contributed by atoms with Crippen LogP contribution in [-0.4, -0.2) is 71.0 Å². The van der Waals surface area contributed by atoms with E-state index in [1.165, 1.54) is 6.92 Å². The normalized spacial score (nSPS) is 43.6. The molecule has 0 aromatic carbocycles. The minimum absolute atomic E-state index is 0.120. The summed E-state index contributed by atoms with van der Waals surface area (Å²) in [6.07, 6.45) is -1.93. The van der Waals surface area contributed by atoms with Crippen LogP contribution in [-0.2, 0) is 14.3 Å². The van der Waals surface area contributed by atoms with Crippen LogP contribution in [0, 0.1) is 0 Å². The lowest BCUT2D eigenvalue weighted by Crippen LogP contribution is -2.69. The summed E-state index contributed by atoms with van der Waals surface area (Å²) in [5.41, 5.74) is -0.940. The Kier molecular flexibility index (Phi) is 3.88. The lowest BCUT2D eigenvalue weighted by Gasteiger charge is -2.52. The number of aliphatic hydroxyl groups is 3. The van der Waals surface area contributed by atoms with Crippen LogP contribution >= 0.6 is 0 Å². The second-order valence-electron chi connectivity index (χ2n) is 4.95. The molecule has 2 aliphatic rings.